The molecule has 0 spiro atoms. The lowest BCUT2D eigenvalue weighted by Crippen LogP contribution is -2.23. The molecule has 0 amide bonds. The highest BCUT2D eigenvalue weighted by Crippen LogP contribution is 2.43. The predicted molar refractivity (Wildman–Crippen MR) is 107 cm³/mol. The Hall–Kier alpha value is -2.68. The molecule has 26 heavy (non-hydrogen) atoms. The summed E-state index contributed by atoms with van der Waals surface area (Å²) in [5, 5.41) is 11.8. The van der Waals surface area contributed by atoms with Gasteiger partial charge in [0, 0.05) is 16.8 Å². The molecule has 2 aliphatic rings. The van der Waals surface area contributed by atoms with Gasteiger partial charge in [0.2, 0.25) is 0 Å². The first-order valence-electron chi connectivity index (χ1n) is 8.06. The lowest BCUT2D eigenvalue weighted by atomic mass is 9.99. The predicted octanol–water partition coefficient (Wildman–Crippen LogP) is 4.80. The van der Waals surface area contributed by atoms with Gasteiger partial charge in [-0.1, -0.05) is 53.6 Å². The fourth-order valence-corrected chi connectivity index (χ4v) is 4.03. The summed E-state index contributed by atoms with van der Waals surface area (Å²) in [5.74, 6) is 0. The van der Waals surface area contributed by atoms with E-state index in [4.69, 9.17) is 22.3 Å². The van der Waals surface area contributed by atoms with E-state index in [1.165, 1.54) is 17.3 Å². The van der Waals surface area contributed by atoms with E-state index in [9.17, 15) is 5.26 Å². The van der Waals surface area contributed by atoms with Gasteiger partial charge in [0.25, 0.3) is 0 Å². The van der Waals surface area contributed by atoms with Crippen LogP contribution in [0, 0.1) is 18.3 Å². The van der Waals surface area contributed by atoms with Crippen molar-refractivity contribution in [3.05, 3.63) is 87.0 Å². The van der Waals surface area contributed by atoms with Crippen LogP contribution >= 0.6 is 23.4 Å². The van der Waals surface area contributed by atoms with Gasteiger partial charge in [-0.2, -0.15) is 5.26 Å². The van der Waals surface area contributed by atoms with E-state index < -0.39 is 0 Å². The zero-order valence-corrected chi connectivity index (χ0v) is 15.6. The minimum atomic E-state index is -0.346. The van der Waals surface area contributed by atoms with E-state index in [-0.39, 0.29) is 6.04 Å². The molecule has 0 fully saturated rings. The van der Waals surface area contributed by atoms with Crippen LogP contribution in [0.4, 0.5) is 0 Å². The minimum Gasteiger partial charge on any atom is -0.391 e. The molecule has 128 valence electrons. The number of amidine groups is 1. The number of hydrogen-bond donors (Lipinski definition) is 1. The summed E-state index contributed by atoms with van der Waals surface area (Å²) in [6, 6.07) is 17.5. The Balaban J connectivity index is 1.74. The maximum Gasteiger partial charge on any atom is 0.175 e. The van der Waals surface area contributed by atoms with Gasteiger partial charge in [0.15, 0.2) is 5.17 Å². The summed E-state index contributed by atoms with van der Waals surface area (Å²) in [4.78, 5) is 6.70. The lowest BCUT2D eigenvalue weighted by molar-refractivity contribution is 0.719. The van der Waals surface area contributed by atoms with E-state index in [0.29, 0.717) is 15.6 Å². The van der Waals surface area contributed by atoms with Gasteiger partial charge in [-0.15, -0.1) is 0 Å². The third-order valence-electron chi connectivity index (χ3n) is 4.32. The van der Waals surface area contributed by atoms with Crippen molar-refractivity contribution in [3.63, 3.8) is 0 Å². The van der Waals surface area contributed by atoms with Crippen molar-refractivity contribution < 1.29 is 0 Å². The van der Waals surface area contributed by atoms with Crippen molar-refractivity contribution in [2.24, 2.45) is 10.7 Å². The topological polar surface area (TPSA) is 65.4 Å². The molecule has 0 aliphatic carbocycles. The smallest absolute Gasteiger partial charge is 0.175 e. The number of aliphatic imine (C=N–C) groups is 1. The molecule has 4 rings (SSSR count). The Labute approximate surface area is 161 Å². The van der Waals surface area contributed by atoms with Crippen LogP contribution in [0.15, 0.2) is 70.3 Å². The average molecular weight is 379 g/mol. The van der Waals surface area contributed by atoms with E-state index in [1.807, 2.05) is 66.6 Å². The second-order valence-corrected chi connectivity index (χ2v) is 7.56. The monoisotopic (exact) mass is 378 g/mol. The first-order valence-corrected chi connectivity index (χ1v) is 9.25. The zero-order chi connectivity index (χ0) is 18.3. The summed E-state index contributed by atoms with van der Waals surface area (Å²) in [6.07, 6.45) is 1.84. The molecule has 2 N–H and O–H groups in total. The summed E-state index contributed by atoms with van der Waals surface area (Å²) in [7, 11) is 0. The van der Waals surface area contributed by atoms with Gasteiger partial charge in [0.05, 0.1) is 22.4 Å². The van der Waals surface area contributed by atoms with E-state index >= 15 is 0 Å². The summed E-state index contributed by atoms with van der Waals surface area (Å²) in [5.41, 5.74) is 10.8. The number of nitrogens with zero attached hydrogens (tertiary/aromatic N) is 3. The molecule has 1 unspecified atom stereocenters. The number of nitriles is 1. The van der Waals surface area contributed by atoms with E-state index in [0.717, 1.165) is 22.0 Å². The van der Waals surface area contributed by atoms with Crippen LogP contribution in [-0.2, 0) is 0 Å². The number of rotatable bonds is 2. The second-order valence-electron chi connectivity index (χ2n) is 6.11. The van der Waals surface area contributed by atoms with Gasteiger partial charge in [-0.05, 0) is 36.4 Å². The third-order valence-corrected chi connectivity index (χ3v) is 5.47. The quantitative estimate of drug-likeness (QED) is 0.815. The molecule has 2 aromatic carbocycles. The van der Waals surface area contributed by atoms with Crippen LogP contribution in [0.2, 0.25) is 5.02 Å². The fourth-order valence-electron chi connectivity index (χ4n) is 2.99. The Kier molecular flexibility index (Phi) is 4.23. The first kappa shape index (κ1) is 16.8. The van der Waals surface area contributed by atoms with Gasteiger partial charge >= 0.3 is 0 Å². The molecular formula is C20H15ClN4S. The molecule has 6 heteroatoms. The Morgan fingerprint density at radius 2 is 1.85 bits per heavy atom. The third kappa shape index (κ3) is 2.88. The van der Waals surface area contributed by atoms with Crippen molar-refractivity contribution >= 4 is 34.2 Å². The van der Waals surface area contributed by atoms with Crippen LogP contribution in [0.25, 0.3) is 5.70 Å². The average Bonchev–Trinajstić information content (AvgIpc) is 2.97. The van der Waals surface area contributed by atoms with Crippen molar-refractivity contribution in [2.45, 2.75) is 13.0 Å². The molecule has 2 aromatic rings. The molecule has 0 aromatic heterocycles. The molecule has 2 heterocycles. The summed E-state index contributed by atoms with van der Waals surface area (Å²) >= 11 is 7.40. The first-order chi connectivity index (χ1) is 12.6. The zero-order valence-electron chi connectivity index (χ0n) is 14.0. The molecule has 0 saturated carbocycles. The molecule has 0 saturated heterocycles. The largest absolute Gasteiger partial charge is 0.391 e. The standard InChI is InChI=1S/C20H15ClN4S/c1-12-2-4-14(5-3-12)18-19(23)26-20-24-17(15(10-22)11-25(18)20)13-6-8-16(21)9-7-13/h2-9,11,17H,23H2,1H3. The highest BCUT2D eigenvalue weighted by atomic mass is 35.5. The minimum absolute atomic E-state index is 0.346. The lowest BCUT2D eigenvalue weighted by Gasteiger charge is -2.26. The van der Waals surface area contributed by atoms with Crippen molar-refractivity contribution in [2.75, 3.05) is 0 Å². The molecule has 1 atom stereocenters. The maximum atomic E-state index is 9.66. The molecular weight excluding hydrogens is 364 g/mol. The van der Waals surface area contributed by atoms with Crippen LogP contribution in [0.3, 0.4) is 0 Å². The van der Waals surface area contributed by atoms with Gasteiger partial charge < -0.3 is 5.73 Å². The number of halogens is 1. The van der Waals surface area contributed by atoms with E-state index in [2.05, 4.69) is 6.07 Å². The van der Waals surface area contributed by atoms with Crippen LogP contribution in [0.1, 0.15) is 22.7 Å². The fraction of sp³-hybridized carbons (Fsp3) is 0.100. The number of fused-ring (bicyclic) bond motifs is 1. The van der Waals surface area contributed by atoms with Crippen molar-refractivity contribution in [3.8, 4) is 6.07 Å². The SMILES string of the molecule is Cc1ccc(C2=C(N)SC3=NC(c4ccc(Cl)cc4)C(C#N)=CN32)cc1. The number of benzene rings is 2. The van der Waals surface area contributed by atoms with Crippen LogP contribution in [-0.4, -0.2) is 10.1 Å². The van der Waals surface area contributed by atoms with Crippen LogP contribution < -0.4 is 5.73 Å². The second kappa shape index (κ2) is 6.56. The number of thioether (sulfide) groups is 1. The Morgan fingerprint density at radius 1 is 1.15 bits per heavy atom. The van der Waals surface area contributed by atoms with E-state index in [1.54, 1.807) is 0 Å². The molecule has 0 radical (unpaired) electrons. The molecule has 4 nitrogen and oxygen atoms in total. The van der Waals surface area contributed by atoms with Crippen LogP contribution in [0.5, 0.6) is 0 Å². The van der Waals surface area contributed by atoms with Gasteiger partial charge in [-0.3, -0.25) is 4.90 Å². The Bertz CT molecular complexity index is 998. The molecule has 2 aliphatic heterocycles. The number of hydrogen-bond acceptors (Lipinski definition) is 5. The van der Waals surface area contributed by atoms with Crippen molar-refractivity contribution in [1.82, 2.24) is 4.90 Å². The summed E-state index contributed by atoms with van der Waals surface area (Å²) in [6.45, 7) is 2.04. The highest BCUT2D eigenvalue weighted by Gasteiger charge is 2.34. The number of nitrogens with two attached hydrogens (primary N) is 1. The Morgan fingerprint density at radius 3 is 2.50 bits per heavy atom. The summed E-state index contributed by atoms with van der Waals surface area (Å²) < 4.78 is 0. The normalized spacial score (nSPS) is 19.0. The van der Waals surface area contributed by atoms with Gasteiger partial charge in [-0.25, -0.2) is 4.99 Å². The molecule has 0 bridgehead atoms. The van der Waals surface area contributed by atoms with Crippen molar-refractivity contribution in [1.29, 1.82) is 5.26 Å². The van der Waals surface area contributed by atoms with Gasteiger partial charge in [0.1, 0.15) is 6.04 Å². The highest BCUT2D eigenvalue weighted by molar-refractivity contribution is 8.17. The number of aryl methyl sites for hydroxylation is 1. The maximum absolute atomic E-state index is 9.66.